The number of hydrogen-bond acceptors (Lipinski definition) is 28. The van der Waals surface area contributed by atoms with Gasteiger partial charge in [-0.1, -0.05) is 144 Å². The van der Waals surface area contributed by atoms with Crippen LogP contribution in [-0.4, -0.2) is 136 Å². The maximum absolute atomic E-state index is 10.9. The number of aromatic nitrogens is 8. The van der Waals surface area contributed by atoms with Crippen LogP contribution >= 0.6 is 0 Å². The quantitative estimate of drug-likeness (QED) is 0.0634. The second-order valence-electron chi connectivity index (χ2n) is 22.5. The molecule has 36 nitrogen and oxygen atoms in total. The predicted molar refractivity (Wildman–Crippen MR) is 394 cm³/mol. The molecular formula is C76H48N8O28S4Ti4. The number of nitrogens with zero attached hydrogens (tertiary/aromatic N) is 8. The molecular weight excluding hydrogens is 1790 g/mol. The largest absolute Gasteiger partial charge is 4.00 e. The zero-order chi connectivity index (χ0) is 81.2. The summed E-state index contributed by atoms with van der Waals surface area (Å²) in [6.45, 7) is 0. The molecule has 16 aromatic rings. The minimum absolute atomic E-state index is 0. The molecule has 0 saturated heterocycles. The van der Waals surface area contributed by atoms with Crippen LogP contribution in [0.25, 0.3) is 87.2 Å². The summed E-state index contributed by atoms with van der Waals surface area (Å²) in [7, 11) is -18.9. The Hall–Kier alpha value is -11.5. The molecule has 44 heteroatoms. The Morgan fingerprint density at radius 2 is 0.350 bits per heavy atom. The Labute approximate surface area is 738 Å². The summed E-state index contributed by atoms with van der Waals surface area (Å²) in [6.07, 6.45) is 14.4. The van der Waals surface area contributed by atoms with Crippen LogP contribution in [0.2, 0.25) is 0 Å². The van der Waals surface area contributed by atoms with Gasteiger partial charge in [0.15, 0.2) is 0 Å². The van der Waals surface area contributed by atoms with Gasteiger partial charge in [-0.3, -0.25) is 39.9 Å². The SMILES string of the molecule is O=C(O)c1cc(S(=O)(=O)[O-])ccc1[O-].O=C(O)c1cc(S(=O)(=O)[O-])ccc1[O-].O=C(O)c1cc(S(=O)(=O)[O-])ccc1[O-].O=C(O)c1cc(S(=O)(=O)[O-])ccc1[O-].[O-2].[O-2].[O-2].[O-2].[Ti+4].[Ti+4].[Ti+4].[Ti+4].c1cnc2c(c1)ccc1cccnc12.c1cnc2c(c1)ccc1cccnc12.c1cnc2c(c1)ccc1cccnc12.c1cnc2c(c1)ccc1cccnc12. The van der Waals surface area contributed by atoms with Crippen LogP contribution in [0.15, 0.2) is 288 Å². The zero-order valence-electron chi connectivity index (χ0n) is 60.2. The van der Waals surface area contributed by atoms with Gasteiger partial charge in [0.05, 0.1) is 86.0 Å². The molecule has 0 aliphatic heterocycles. The summed E-state index contributed by atoms with van der Waals surface area (Å²) in [4.78, 5) is 73.5. The summed E-state index contributed by atoms with van der Waals surface area (Å²) in [5.41, 5.74) is 4.88. The van der Waals surface area contributed by atoms with Gasteiger partial charge >= 0.3 is 111 Å². The number of fused-ring (bicyclic) bond motifs is 12. The van der Waals surface area contributed by atoms with Crippen LogP contribution in [0.1, 0.15) is 41.4 Å². The van der Waals surface area contributed by atoms with Crippen molar-refractivity contribution in [2.75, 3.05) is 0 Å². The van der Waals surface area contributed by atoms with Crippen molar-refractivity contribution in [3.8, 4) is 23.0 Å². The molecule has 4 N–H and O–H groups in total. The molecule has 0 spiro atoms. The van der Waals surface area contributed by atoms with Gasteiger partial charge in [-0.15, -0.1) is 0 Å². The first-order valence-corrected chi connectivity index (χ1v) is 37.1. The van der Waals surface area contributed by atoms with Gasteiger partial charge < -0.3 is 81.0 Å². The summed E-state index contributed by atoms with van der Waals surface area (Å²) >= 11 is 0. The molecule has 8 aromatic carbocycles. The number of aromatic carboxylic acids is 4. The van der Waals surface area contributed by atoms with Gasteiger partial charge in [-0.05, 0) is 97.1 Å². The second kappa shape index (κ2) is 47.3. The van der Waals surface area contributed by atoms with Crippen LogP contribution in [-0.2, 0) is 149 Å². The van der Waals surface area contributed by atoms with E-state index in [9.17, 15) is 91.5 Å². The maximum atomic E-state index is 10.9. The van der Waals surface area contributed by atoms with Gasteiger partial charge in [-0.25, -0.2) is 52.8 Å². The number of pyridine rings is 8. The normalized spacial score (nSPS) is 10.3. The Bertz CT molecular complexity index is 5780. The number of rotatable bonds is 8. The van der Waals surface area contributed by atoms with E-state index in [4.69, 9.17) is 20.4 Å². The molecule has 0 unspecified atom stereocenters. The average Bonchev–Trinajstić information content (AvgIpc) is 0.767. The van der Waals surface area contributed by atoms with Crippen molar-refractivity contribution in [1.82, 2.24) is 39.9 Å². The van der Waals surface area contributed by atoms with Crippen molar-refractivity contribution in [3.05, 3.63) is 290 Å². The van der Waals surface area contributed by atoms with Crippen molar-refractivity contribution in [3.63, 3.8) is 0 Å². The molecule has 0 radical (unpaired) electrons. The first-order chi connectivity index (χ1) is 53.1. The minimum Gasteiger partial charge on any atom is -2.00 e. The molecule has 0 saturated carbocycles. The molecule has 0 bridgehead atoms. The van der Waals surface area contributed by atoms with E-state index in [1.54, 1.807) is 49.6 Å². The van der Waals surface area contributed by atoms with Crippen molar-refractivity contribution in [2.45, 2.75) is 19.6 Å². The Kier molecular flexibility index (Phi) is 42.0. The van der Waals surface area contributed by atoms with Crippen molar-refractivity contribution in [1.29, 1.82) is 0 Å². The molecule has 0 aliphatic rings. The van der Waals surface area contributed by atoms with Gasteiger partial charge in [0, 0.05) is 92.7 Å². The van der Waals surface area contributed by atoms with E-state index in [1.807, 2.05) is 48.5 Å². The van der Waals surface area contributed by atoms with Crippen LogP contribution < -0.4 is 20.4 Å². The van der Waals surface area contributed by atoms with E-state index >= 15 is 0 Å². The smallest absolute Gasteiger partial charge is 2.00 e. The molecule has 0 aliphatic carbocycles. The van der Waals surface area contributed by atoms with Gasteiger partial charge in [0.25, 0.3) is 0 Å². The number of hydrogen-bond donors (Lipinski definition) is 4. The predicted octanol–water partition coefficient (Wildman–Crippen LogP) is 8.10. The molecule has 120 heavy (non-hydrogen) atoms. The van der Waals surface area contributed by atoms with Gasteiger partial charge in [-0.2, -0.15) is 0 Å². The Morgan fingerprint density at radius 1 is 0.225 bits per heavy atom. The maximum Gasteiger partial charge on any atom is 4.00 e. The number of carboxylic acids is 4. The topological polar surface area (TPSA) is 687 Å². The van der Waals surface area contributed by atoms with Crippen LogP contribution in [0.4, 0.5) is 0 Å². The molecule has 0 amide bonds. The summed E-state index contributed by atoms with van der Waals surface area (Å²) < 4.78 is 126. The fourth-order valence-electron chi connectivity index (χ4n) is 10.0. The molecule has 16 rings (SSSR count). The van der Waals surface area contributed by atoms with Gasteiger partial charge in [0.1, 0.15) is 40.5 Å². The average molecular weight is 1840 g/mol. The molecule has 600 valence electrons. The third-order valence-electron chi connectivity index (χ3n) is 15.3. The summed E-state index contributed by atoms with van der Waals surface area (Å²) in [5, 5.41) is 86.4. The van der Waals surface area contributed by atoms with E-state index in [0.717, 1.165) is 136 Å². The number of carbonyl (C=O) groups is 4. The molecule has 8 aromatic heterocycles. The standard InChI is InChI=1S/4C12H8N2.4C7H6O6S.4O.4Ti/c4*1-3-9-5-6-10-4-2-8-14-12(10)11(9)13-7-1;4*8-6-2-1-4(14(11,12)13)3-5(6)7(9)10;;;;;;;;/h4*1-8H;4*1-3,8H,(H,9,10)(H,11,12,13);;;;;;;;/q;;;;;;;;4*-2;4*+4/p-8. The first-order valence-electron chi connectivity index (χ1n) is 31.4. The fourth-order valence-corrected chi connectivity index (χ4v) is 12.0. The monoisotopic (exact) mass is 1840 g/mol. The molecule has 0 fully saturated rings. The Balaban J connectivity index is 0.000000679. The summed E-state index contributed by atoms with van der Waals surface area (Å²) in [5.74, 6) is -9.65. The zero-order valence-corrected chi connectivity index (χ0v) is 69.7. The van der Waals surface area contributed by atoms with Crippen molar-refractivity contribution >= 4 is 152 Å². The van der Waals surface area contributed by atoms with Crippen molar-refractivity contribution in [2.24, 2.45) is 0 Å². The number of benzene rings is 8. The van der Waals surface area contributed by atoms with Crippen LogP contribution in [0, 0.1) is 0 Å². The van der Waals surface area contributed by atoms with E-state index in [2.05, 4.69) is 137 Å². The van der Waals surface area contributed by atoms with E-state index in [1.165, 1.54) is 0 Å². The molecule has 8 heterocycles. The first kappa shape index (κ1) is 106. The Morgan fingerprint density at radius 3 is 0.458 bits per heavy atom. The van der Waals surface area contributed by atoms with E-state index in [-0.39, 0.29) is 109 Å². The molecule has 0 atom stereocenters. The van der Waals surface area contributed by atoms with Crippen LogP contribution in [0.5, 0.6) is 23.0 Å². The van der Waals surface area contributed by atoms with E-state index < -0.39 is 129 Å². The minimum atomic E-state index is -4.73. The number of carboxylic acid groups (broad SMARTS) is 4. The second-order valence-corrected chi connectivity index (χ2v) is 28.1. The fraction of sp³-hybridized carbons (Fsp3) is 0. The van der Waals surface area contributed by atoms with Crippen molar-refractivity contribution < 1.29 is 221 Å². The summed E-state index contributed by atoms with van der Waals surface area (Å²) in [6, 6.07) is 56.8. The van der Waals surface area contributed by atoms with Gasteiger partial charge in [0.2, 0.25) is 0 Å². The third-order valence-corrected chi connectivity index (χ3v) is 18.6. The van der Waals surface area contributed by atoms with E-state index in [0.29, 0.717) is 24.3 Å². The third kappa shape index (κ3) is 28.3. The van der Waals surface area contributed by atoms with Crippen LogP contribution in [0.3, 0.4) is 0 Å².